The van der Waals surface area contributed by atoms with Crippen molar-refractivity contribution >= 4 is 27.0 Å². The third-order valence-corrected chi connectivity index (χ3v) is 4.20. The lowest BCUT2D eigenvalue weighted by Gasteiger charge is -1.98. The third kappa shape index (κ3) is 1.96. The Morgan fingerprint density at radius 1 is 1.67 bits per heavy atom. The van der Waals surface area contributed by atoms with Gasteiger partial charge in [-0.15, -0.1) is 11.3 Å². The average Bonchev–Trinajstić information content (AvgIpc) is 2.36. The first-order valence-electron chi connectivity index (χ1n) is 3.40. The van der Waals surface area contributed by atoms with Crippen molar-refractivity contribution in [1.29, 1.82) is 0 Å². The number of thiophene rings is 1. The van der Waals surface area contributed by atoms with Gasteiger partial charge < -0.3 is 5.73 Å². The Kier molecular flexibility index (Phi) is 2.71. The molecule has 0 fully saturated rings. The number of nitrogens with one attached hydrogen (secondary N) is 1. The van der Waals surface area contributed by atoms with Crippen LogP contribution in [0.3, 0.4) is 0 Å². The van der Waals surface area contributed by atoms with Crippen molar-refractivity contribution in [2.75, 3.05) is 12.3 Å². The summed E-state index contributed by atoms with van der Waals surface area (Å²) in [5.41, 5.74) is 5.87. The Morgan fingerprint density at radius 2 is 2.33 bits per heavy atom. The monoisotopic (exact) mass is 206 g/mol. The molecule has 0 bridgehead atoms. The van der Waals surface area contributed by atoms with E-state index < -0.39 is 10.0 Å². The molecular formula is C6H10N2O2S2. The summed E-state index contributed by atoms with van der Waals surface area (Å²) in [7, 11) is -3.30. The zero-order valence-electron chi connectivity index (χ0n) is 6.57. The van der Waals surface area contributed by atoms with Crippen LogP contribution >= 0.6 is 11.3 Å². The summed E-state index contributed by atoms with van der Waals surface area (Å²) in [5.74, 6) is 0. The molecule has 0 radical (unpaired) electrons. The first kappa shape index (κ1) is 9.50. The first-order chi connectivity index (χ1) is 5.56. The van der Waals surface area contributed by atoms with Gasteiger partial charge in [0, 0.05) is 17.6 Å². The summed E-state index contributed by atoms with van der Waals surface area (Å²) < 4.78 is 25.2. The van der Waals surface area contributed by atoms with Crippen LogP contribution in [0, 0.1) is 0 Å². The van der Waals surface area contributed by atoms with Crippen LogP contribution in [-0.4, -0.2) is 15.0 Å². The average molecular weight is 206 g/mol. The maximum Gasteiger partial charge on any atom is 0.250 e. The van der Waals surface area contributed by atoms with Gasteiger partial charge in [-0.3, -0.25) is 0 Å². The fourth-order valence-electron chi connectivity index (χ4n) is 0.732. The van der Waals surface area contributed by atoms with Gasteiger partial charge in [0.15, 0.2) is 0 Å². The molecule has 0 aliphatic rings. The Morgan fingerprint density at radius 3 is 2.75 bits per heavy atom. The molecule has 0 aliphatic heterocycles. The number of hydrogen-bond donors (Lipinski definition) is 2. The molecule has 0 saturated carbocycles. The highest BCUT2D eigenvalue weighted by atomic mass is 32.2. The standard InChI is InChI=1S/C6H10N2O2S2/c1-2-8-12(9,10)6-3-5(7)4-11-6/h3-4,8H,2,7H2,1H3. The van der Waals surface area contributed by atoms with Crippen LogP contribution in [0.15, 0.2) is 15.7 Å². The van der Waals surface area contributed by atoms with Crippen LogP contribution in [-0.2, 0) is 10.0 Å². The number of nitrogen functional groups attached to an aromatic ring is 1. The van der Waals surface area contributed by atoms with Gasteiger partial charge in [0.2, 0.25) is 10.0 Å². The molecule has 1 rings (SSSR count). The molecule has 0 amide bonds. The van der Waals surface area contributed by atoms with Gasteiger partial charge in [-0.1, -0.05) is 6.92 Å². The topological polar surface area (TPSA) is 72.2 Å². The molecule has 1 aromatic heterocycles. The molecule has 0 aromatic carbocycles. The highest BCUT2D eigenvalue weighted by Crippen LogP contribution is 2.20. The molecule has 0 saturated heterocycles. The lowest BCUT2D eigenvalue weighted by molar-refractivity contribution is 0.586. The largest absolute Gasteiger partial charge is 0.398 e. The molecule has 1 aromatic rings. The van der Waals surface area contributed by atoms with Crippen LogP contribution in [0.1, 0.15) is 6.92 Å². The summed E-state index contributed by atoms with van der Waals surface area (Å²) in [6.07, 6.45) is 0. The summed E-state index contributed by atoms with van der Waals surface area (Å²) in [5, 5.41) is 1.60. The Hall–Kier alpha value is -0.590. The number of nitrogens with two attached hydrogens (primary N) is 1. The molecule has 6 heteroatoms. The first-order valence-corrected chi connectivity index (χ1v) is 5.76. The second kappa shape index (κ2) is 3.42. The van der Waals surface area contributed by atoms with E-state index in [2.05, 4.69) is 4.72 Å². The second-order valence-corrected chi connectivity index (χ2v) is 5.11. The summed E-state index contributed by atoms with van der Waals surface area (Å²) in [6.45, 7) is 2.12. The number of rotatable bonds is 3. The number of anilines is 1. The molecule has 0 spiro atoms. The van der Waals surface area contributed by atoms with Crippen LogP contribution in [0.4, 0.5) is 5.69 Å². The molecular weight excluding hydrogens is 196 g/mol. The predicted octanol–water partition coefficient (Wildman–Crippen LogP) is 0.628. The molecule has 1 heterocycles. The van der Waals surface area contributed by atoms with E-state index in [1.54, 1.807) is 12.3 Å². The highest BCUT2D eigenvalue weighted by molar-refractivity contribution is 7.91. The minimum absolute atomic E-state index is 0.266. The molecule has 0 atom stereocenters. The van der Waals surface area contributed by atoms with Crippen LogP contribution < -0.4 is 10.5 Å². The molecule has 4 nitrogen and oxygen atoms in total. The molecule has 68 valence electrons. The third-order valence-electron chi connectivity index (χ3n) is 1.19. The van der Waals surface area contributed by atoms with E-state index in [9.17, 15) is 8.42 Å². The van der Waals surface area contributed by atoms with Gasteiger partial charge >= 0.3 is 0 Å². The Bertz CT molecular complexity index is 355. The normalized spacial score (nSPS) is 11.8. The van der Waals surface area contributed by atoms with Gasteiger partial charge in [-0.2, -0.15) is 0 Å². The lowest BCUT2D eigenvalue weighted by Crippen LogP contribution is -2.22. The van der Waals surface area contributed by atoms with Crippen molar-refractivity contribution in [2.24, 2.45) is 0 Å². The summed E-state index contributed by atoms with van der Waals surface area (Å²) in [4.78, 5) is 0. The van der Waals surface area contributed by atoms with Crippen LogP contribution in [0.5, 0.6) is 0 Å². The van der Waals surface area contributed by atoms with E-state index in [0.717, 1.165) is 11.3 Å². The number of sulfonamides is 1. The fourth-order valence-corrected chi connectivity index (χ4v) is 2.90. The van der Waals surface area contributed by atoms with E-state index >= 15 is 0 Å². The predicted molar refractivity (Wildman–Crippen MR) is 49.6 cm³/mol. The van der Waals surface area contributed by atoms with Crippen molar-refractivity contribution in [1.82, 2.24) is 4.72 Å². The van der Waals surface area contributed by atoms with Crippen molar-refractivity contribution in [2.45, 2.75) is 11.1 Å². The zero-order chi connectivity index (χ0) is 9.19. The van der Waals surface area contributed by atoms with E-state index in [4.69, 9.17) is 5.73 Å². The van der Waals surface area contributed by atoms with Crippen LogP contribution in [0.25, 0.3) is 0 Å². The Labute approximate surface area is 75.5 Å². The van der Waals surface area contributed by atoms with Gasteiger partial charge in [0.1, 0.15) is 4.21 Å². The quantitative estimate of drug-likeness (QED) is 0.762. The van der Waals surface area contributed by atoms with Crippen molar-refractivity contribution in [3.63, 3.8) is 0 Å². The lowest BCUT2D eigenvalue weighted by atomic mass is 10.6. The van der Waals surface area contributed by atoms with Gasteiger partial charge in [0.25, 0.3) is 0 Å². The highest BCUT2D eigenvalue weighted by Gasteiger charge is 2.13. The summed E-state index contributed by atoms with van der Waals surface area (Å²) in [6, 6.07) is 1.45. The fraction of sp³-hybridized carbons (Fsp3) is 0.333. The van der Waals surface area contributed by atoms with Gasteiger partial charge in [-0.05, 0) is 6.07 Å². The number of hydrogen-bond acceptors (Lipinski definition) is 4. The summed E-state index contributed by atoms with van der Waals surface area (Å²) >= 11 is 1.12. The molecule has 0 unspecified atom stereocenters. The maximum absolute atomic E-state index is 11.3. The molecule has 12 heavy (non-hydrogen) atoms. The van der Waals surface area contributed by atoms with E-state index in [-0.39, 0.29) is 4.21 Å². The van der Waals surface area contributed by atoms with Crippen molar-refractivity contribution in [3.05, 3.63) is 11.4 Å². The van der Waals surface area contributed by atoms with E-state index in [1.165, 1.54) is 6.07 Å². The van der Waals surface area contributed by atoms with E-state index in [0.29, 0.717) is 12.2 Å². The van der Waals surface area contributed by atoms with Crippen molar-refractivity contribution in [3.8, 4) is 0 Å². The molecule has 3 N–H and O–H groups in total. The van der Waals surface area contributed by atoms with Crippen molar-refractivity contribution < 1.29 is 8.42 Å². The second-order valence-electron chi connectivity index (χ2n) is 2.20. The minimum atomic E-state index is -3.30. The minimum Gasteiger partial charge on any atom is -0.398 e. The van der Waals surface area contributed by atoms with E-state index in [1.807, 2.05) is 0 Å². The molecule has 0 aliphatic carbocycles. The van der Waals surface area contributed by atoms with Gasteiger partial charge in [0.05, 0.1) is 0 Å². The van der Waals surface area contributed by atoms with Crippen LogP contribution in [0.2, 0.25) is 0 Å². The zero-order valence-corrected chi connectivity index (χ0v) is 8.21. The maximum atomic E-state index is 11.3. The smallest absolute Gasteiger partial charge is 0.250 e. The SMILES string of the molecule is CCNS(=O)(=O)c1cc(N)cs1. The van der Waals surface area contributed by atoms with Gasteiger partial charge in [-0.25, -0.2) is 13.1 Å². The Balaban J connectivity index is 2.98.